The van der Waals surface area contributed by atoms with E-state index in [9.17, 15) is 14.0 Å². The van der Waals surface area contributed by atoms with Gasteiger partial charge in [0.1, 0.15) is 24.0 Å². The third-order valence-electron chi connectivity index (χ3n) is 4.04. The van der Waals surface area contributed by atoms with Crippen LogP contribution in [0.3, 0.4) is 0 Å². The molecule has 1 fully saturated rings. The number of rotatable bonds is 6. The summed E-state index contributed by atoms with van der Waals surface area (Å²) in [6.07, 6.45) is -3.40. The molecule has 0 saturated carbocycles. The number of carbonyl (C=O) groups is 2. The van der Waals surface area contributed by atoms with E-state index >= 15 is 0 Å². The minimum atomic E-state index is -2.86. The maximum Gasteiger partial charge on any atom is 0.328 e. The number of nitrogens with one attached hydrogen (secondary N) is 1. The van der Waals surface area contributed by atoms with Crippen molar-refractivity contribution in [1.29, 1.82) is 5.26 Å². The van der Waals surface area contributed by atoms with Gasteiger partial charge in [-0.3, -0.25) is 4.90 Å². The highest BCUT2D eigenvalue weighted by Gasteiger charge is 2.21. The molecule has 1 atom stereocenters. The number of carboxylic acids is 2. The Morgan fingerprint density at radius 3 is 2.77 bits per heavy atom. The molecule has 3 heterocycles. The maximum atomic E-state index is 13.9. The molecule has 9 nitrogen and oxygen atoms in total. The van der Waals surface area contributed by atoms with Gasteiger partial charge in [-0.15, -0.1) is 11.3 Å². The van der Waals surface area contributed by atoms with Gasteiger partial charge < -0.3 is 15.5 Å². The molecule has 2 aromatic heterocycles. The fourth-order valence-electron chi connectivity index (χ4n) is 2.59. The highest BCUT2D eigenvalue weighted by atomic mass is 35.5. The number of piperidine rings is 1. The van der Waals surface area contributed by atoms with E-state index in [1.54, 1.807) is 6.07 Å². The Kier molecular flexibility index (Phi) is 5.63. The summed E-state index contributed by atoms with van der Waals surface area (Å²) >= 11 is 6.87. The van der Waals surface area contributed by atoms with Crippen LogP contribution < -0.4 is 5.31 Å². The van der Waals surface area contributed by atoms with Crippen molar-refractivity contribution >= 4 is 50.9 Å². The minimum absolute atomic E-state index is 0.0153. The number of nitriles is 1. The Morgan fingerprint density at radius 2 is 2.14 bits per heavy atom. The molecule has 3 N–H and O–H groups in total. The summed E-state index contributed by atoms with van der Waals surface area (Å²) in [4.78, 5) is 28.1. The number of likely N-dealkylation sites (tertiary alicyclic amines) is 1. The lowest BCUT2D eigenvalue weighted by Crippen LogP contribution is -2.38. The van der Waals surface area contributed by atoms with E-state index in [4.69, 9.17) is 39.5 Å². The number of hydrogen-bond acceptors (Lipinski definition) is 8. The number of thiophene rings is 1. The van der Waals surface area contributed by atoms with Gasteiger partial charge in [-0.25, -0.2) is 23.9 Å². The van der Waals surface area contributed by atoms with E-state index in [2.05, 4.69) is 9.97 Å². The number of benzene rings is 1. The Balaban J connectivity index is 0.000000583. The van der Waals surface area contributed by atoms with Crippen molar-refractivity contribution in [2.45, 2.75) is 25.3 Å². The van der Waals surface area contributed by atoms with Gasteiger partial charge in [0.25, 0.3) is 0 Å². The fraction of sp³-hybridized carbons (Fsp3) is 0.261. The normalized spacial score (nSPS) is 22.7. The predicted octanol–water partition coefficient (Wildman–Crippen LogP) is 4.14. The van der Waals surface area contributed by atoms with Crippen molar-refractivity contribution in [3.05, 3.63) is 64.0 Å². The van der Waals surface area contributed by atoms with Crippen LogP contribution in [0.25, 0.3) is 10.2 Å². The quantitative estimate of drug-likeness (QED) is 0.404. The number of aromatic nitrogens is 2. The molecule has 182 valence electrons. The second-order valence-electron chi connectivity index (χ2n) is 6.51. The molecule has 1 unspecified atom stereocenters. The maximum absolute atomic E-state index is 13.9. The molecular formula is C23H21ClFN5O4S. The predicted molar refractivity (Wildman–Crippen MR) is 130 cm³/mol. The van der Waals surface area contributed by atoms with Gasteiger partial charge >= 0.3 is 11.9 Å². The number of aliphatic carboxylic acids is 2. The molecule has 0 bridgehead atoms. The Bertz CT molecular complexity index is 1660. The molecule has 3 aromatic rings. The van der Waals surface area contributed by atoms with Crippen LogP contribution in [0, 0.1) is 17.1 Å². The second kappa shape index (κ2) is 12.2. The summed E-state index contributed by atoms with van der Waals surface area (Å²) in [5.74, 6) is -3.87. The lowest BCUT2D eigenvalue weighted by Gasteiger charge is -2.32. The fourth-order valence-corrected chi connectivity index (χ4v) is 3.63. The SMILES string of the molecule is O=C(O)/C=C\C(=O)O.[2H]c1cc(C([2H])N2CC([2H])([2H])C([2H])(N([2H])c3ncnc4c([2H])c(Cl)sc34)C([2H])([2H])C2)cc(C#N)c1F. The Hall–Kier alpha value is -3.59. The van der Waals surface area contributed by atoms with Gasteiger partial charge in [-0.05, 0) is 36.5 Å². The summed E-state index contributed by atoms with van der Waals surface area (Å²) in [6, 6.07) is 0.0247. The lowest BCUT2D eigenvalue weighted by atomic mass is 10.0. The third kappa shape index (κ3) is 7.71. The van der Waals surface area contributed by atoms with Crippen molar-refractivity contribution in [3.63, 3.8) is 0 Å². The largest absolute Gasteiger partial charge is 0.478 e. The van der Waals surface area contributed by atoms with E-state index in [0.29, 0.717) is 17.5 Å². The molecular weight excluding hydrogens is 497 g/mol. The van der Waals surface area contributed by atoms with Crippen LogP contribution in [0.5, 0.6) is 0 Å². The molecule has 0 aliphatic carbocycles. The summed E-state index contributed by atoms with van der Waals surface area (Å²) in [5, 5.41) is 25.1. The first-order valence-corrected chi connectivity index (χ1v) is 10.7. The monoisotopic (exact) mass is 526 g/mol. The van der Waals surface area contributed by atoms with Gasteiger partial charge in [0, 0.05) is 44.6 Å². The molecule has 4 rings (SSSR count). The standard InChI is InChI=1S/C19H17ClFN5S.C4H4O4/c20-17-8-16-18(27-17)19(24-11-23-16)25-14-3-5-26(6-4-14)10-12-1-2-15(21)13(7-12)9-22;5-3(6)1-2-4(7)8/h1-2,7-8,11,14H,3-6,10H2,(H,23,24,25);1-2H,(H,5,6)(H,7,8)/b;2-1-/i2D,3D2,4D2,8D,10D,14D;/hD. The van der Waals surface area contributed by atoms with Crippen molar-refractivity contribution in [1.82, 2.24) is 14.9 Å². The minimum Gasteiger partial charge on any atom is -0.478 e. The summed E-state index contributed by atoms with van der Waals surface area (Å²) < 4.78 is 90.3. The molecule has 35 heavy (non-hydrogen) atoms. The zero-order valence-electron chi connectivity index (χ0n) is 26.5. The summed E-state index contributed by atoms with van der Waals surface area (Å²) in [6.45, 7) is -2.83. The topological polar surface area (TPSA) is 139 Å². The average Bonchev–Trinajstić information content (AvgIpc) is 3.24. The Morgan fingerprint density at radius 1 is 1.46 bits per heavy atom. The van der Waals surface area contributed by atoms with Gasteiger partial charge in [-0.2, -0.15) is 5.26 Å². The second-order valence-corrected chi connectivity index (χ2v) is 8.13. The van der Waals surface area contributed by atoms with Crippen molar-refractivity contribution < 1.29 is 36.6 Å². The van der Waals surface area contributed by atoms with Crippen LogP contribution in [0.2, 0.25) is 5.75 Å². The number of anilines is 1. The smallest absolute Gasteiger partial charge is 0.328 e. The average molecular weight is 527 g/mol. The van der Waals surface area contributed by atoms with Crippen molar-refractivity contribution in [2.75, 3.05) is 18.4 Å². The van der Waals surface area contributed by atoms with Crippen LogP contribution >= 0.6 is 22.9 Å². The van der Waals surface area contributed by atoms with Gasteiger partial charge in [0.15, 0.2) is 1.41 Å². The van der Waals surface area contributed by atoms with Crippen LogP contribution in [0.1, 0.15) is 34.8 Å². The molecule has 1 aromatic carbocycles. The van der Waals surface area contributed by atoms with Gasteiger partial charge in [0.2, 0.25) is 0 Å². The first-order chi connectivity index (χ1) is 20.3. The van der Waals surface area contributed by atoms with E-state index < -0.39 is 67.7 Å². The van der Waals surface area contributed by atoms with Crippen molar-refractivity contribution in [2.24, 2.45) is 0 Å². The molecule has 1 saturated heterocycles. The highest BCUT2D eigenvalue weighted by Crippen LogP contribution is 2.33. The lowest BCUT2D eigenvalue weighted by molar-refractivity contribution is -0.134. The molecule has 0 radical (unpaired) electrons. The third-order valence-corrected chi connectivity index (χ3v) is 5.23. The van der Waals surface area contributed by atoms with Gasteiger partial charge in [0.05, 0.1) is 24.2 Å². The van der Waals surface area contributed by atoms with E-state index in [1.807, 2.05) is 0 Å². The zero-order chi connectivity index (χ0) is 33.4. The molecule has 12 heteroatoms. The first-order valence-electron chi connectivity index (χ1n) is 14.0. The number of hydrogen-bond donors (Lipinski definition) is 3. The number of nitrogens with zero attached hydrogens (tertiary/aromatic N) is 4. The van der Waals surface area contributed by atoms with E-state index in [-0.39, 0.29) is 32.0 Å². The first kappa shape index (κ1) is 16.1. The molecule has 0 amide bonds. The van der Waals surface area contributed by atoms with Crippen LogP contribution in [-0.2, 0) is 16.1 Å². The van der Waals surface area contributed by atoms with Crippen LogP contribution in [-0.4, -0.2) is 56.1 Å². The number of halogens is 2. The van der Waals surface area contributed by atoms with Crippen LogP contribution in [0.15, 0.2) is 42.7 Å². The van der Waals surface area contributed by atoms with E-state index in [1.165, 1.54) is 0 Å². The number of carboxylic acid groups (broad SMARTS) is 2. The van der Waals surface area contributed by atoms with E-state index in [0.717, 1.165) is 34.7 Å². The van der Waals surface area contributed by atoms with Crippen molar-refractivity contribution in [3.8, 4) is 6.07 Å². The summed E-state index contributed by atoms with van der Waals surface area (Å²) in [7, 11) is 0. The zero-order valence-corrected chi connectivity index (χ0v) is 19.1. The van der Waals surface area contributed by atoms with Crippen LogP contribution in [0.4, 0.5) is 10.2 Å². The van der Waals surface area contributed by atoms with Gasteiger partial charge in [-0.1, -0.05) is 17.7 Å². The number of fused-ring (bicyclic) bond motifs is 1. The molecule has 1 aliphatic heterocycles. The summed E-state index contributed by atoms with van der Waals surface area (Å²) in [5.41, 5.74) is -0.406. The Labute approximate surface area is 221 Å². The highest BCUT2D eigenvalue weighted by molar-refractivity contribution is 7.23. The molecule has 0 spiro atoms. The molecule has 1 aliphatic rings.